The molecule has 6 nitrogen and oxygen atoms in total. The van der Waals surface area contributed by atoms with Crippen LogP contribution >= 0.6 is 11.6 Å². The van der Waals surface area contributed by atoms with Gasteiger partial charge in [0, 0.05) is 19.0 Å². The van der Waals surface area contributed by atoms with Crippen LogP contribution in [0.3, 0.4) is 0 Å². The topological polar surface area (TPSA) is 79.4 Å². The fourth-order valence-corrected chi connectivity index (χ4v) is 4.39. The van der Waals surface area contributed by atoms with E-state index in [2.05, 4.69) is 10.3 Å². The van der Waals surface area contributed by atoms with Crippen LogP contribution in [-0.2, 0) is 20.8 Å². The number of aromatic nitrogens is 1. The first-order valence-corrected chi connectivity index (χ1v) is 11.7. The minimum atomic E-state index is -4.56. The van der Waals surface area contributed by atoms with Gasteiger partial charge in [-0.2, -0.15) is 13.2 Å². The number of carbonyl (C=O) groups is 1. The summed E-state index contributed by atoms with van der Waals surface area (Å²) in [4.78, 5) is 18.5. The Balaban J connectivity index is 1.74. The van der Waals surface area contributed by atoms with Gasteiger partial charge in [-0.15, -0.1) is 0 Å². The molecule has 2 aromatic rings. The largest absolute Gasteiger partial charge is 0.417 e. The SMILES string of the molecule is C[C@H](NC(=O)[C@@H]1CCCN1c1ncc(C(F)(F)F)cc1Cl)c1ccc(S(C)(=O)=O)cc1. The van der Waals surface area contributed by atoms with E-state index < -0.39 is 33.7 Å². The quantitative estimate of drug-likeness (QED) is 0.707. The van der Waals surface area contributed by atoms with E-state index in [0.29, 0.717) is 25.6 Å². The van der Waals surface area contributed by atoms with Gasteiger partial charge in [0.05, 0.1) is 21.5 Å². The van der Waals surface area contributed by atoms with E-state index >= 15 is 0 Å². The Morgan fingerprint density at radius 1 is 1.29 bits per heavy atom. The Bertz CT molecular complexity index is 1080. The van der Waals surface area contributed by atoms with Crippen molar-refractivity contribution in [2.45, 2.75) is 42.9 Å². The van der Waals surface area contributed by atoms with Crippen LogP contribution < -0.4 is 10.2 Å². The molecule has 1 fully saturated rings. The van der Waals surface area contributed by atoms with Crippen LogP contribution in [0.25, 0.3) is 0 Å². The molecule has 0 radical (unpaired) electrons. The van der Waals surface area contributed by atoms with Gasteiger partial charge in [-0.25, -0.2) is 13.4 Å². The highest BCUT2D eigenvalue weighted by molar-refractivity contribution is 7.90. The van der Waals surface area contributed by atoms with Crippen molar-refractivity contribution in [2.75, 3.05) is 17.7 Å². The van der Waals surface area contributed by atoms with Crippen molar-refractivity contribution >= 4 is 33.2 Å². The molecule has 31 heavy (non-hydrogen) atoms. The minimum absolute atomic E-state index is 0.137. The molecular weight excluding hydrogens is 455 g/mol. The third-order valence-corrected chi connectivity index (χ3v) is 6.55. The molecule has 168 valence electrons. The number of hydrogen-bond donors (Lipinski definition) is 1. The van der Waals surface area contributed by atoms with Gasteiger partial charge in [-0.3, -0.25) is 4.79 Å². The van der Waals surface area contributed by atoms with Gasteiger partial charge >= 0.3 is 6.18 Å². The maximum Gasteiger partial charge on any atom is 0.417 e. The van der Waals surface area contributed by atoms with Crippen LogP contribution in [0.5, 0.6) is 0 Å². The summed E-state index contributed by atoms with van der Waals surface area (Å²) in [5, 5.41) is 2.70. The second-order valence-corrected chi connectivity index (χ2v) is 9.87. The Hall–Kier alpha value is -2.33. The number of nitrogens with zero attached hydrogens (tertiary/aromatic N) is 2. The molecule has 2 heterocycles. The smallest absolute Gasteiger partial charge is 0.348 e. The standard InChI is InChI=1S/C20H21ClF3N3O3S/c1-12(13-5-7-15(8-6-13)31(2,29)30)26-19(28)17-4-3-9-27(17)18-16(21)10-14(11-25-18)20(22,23)24/h5-8,10-12,17H,3-4,9H2,1-2H3,(H,26,28)/t12-,17-/m0/s1. The molecule has 1 N–H and O–H groups in total. The molecule has 1 amide bonds. The summed E-state index contributed by atoms with van der Waals surface area (Å²) in [5.41, 5.74) is -0.233. The number of halogens is 4. The van der Waals surface area contributed by atoms with E-state index in [4.69, 9.17) is 11.6 Å². The van der Waals surface area contributed by atoms with Crippen LogP contribution in [0, 0.1) is 0 Å². The van der Waals surface area contributed by atoms with E-state index in [1.54, 1.807) is 24.0 Å². The molecular formula is C20H21ClF3N3O3S. The average molecular weight is 476 g/mol. The van der Waals surface area contributed by atoms with Crippen molar-refractivity contribution in [1.82, 2.24) is 10.3 Å². The molecule has 1 saturated heterocycles. The molecule has 1 aromatic carbocycles. The molecule has 0 bridgehead atoms. The minimum Gasteiger partial charge on any atom is -0.348 e. The van der Waals surface area contributed by atoms with Crippen molar-refractivity contribution in [3.63, 3.8) is 0 Å². The average Bonchev–Trinajstić information content (AvgIpc) is 3.16. The van der Waals surface area contributed by atoms with E-state index in [1.807, 2.05) is 0 Å². The number of hydrogen-bond acceptors (Lipinski definition) is 5. The predicted octanol–water partition coefficient (Wildman–Crippen LogP) is 4.00. The number of benzene rings is 1. The van der Waals surface area contributed by atoms with E-state index in [-0.39, 0.29) is 21.6 Å². The first-order chi connectivity index (χ1) is 14.4. The fourth-order valence-electron chi connectivity index (χ4n) is 3.49. The summed E-state index contributed by atoms with van der Waals surface area (Å²) in [6.07, 6.45) is -1.57. The Morgan fingerprint density at radius 2 is 1.94 bits per heavy atom. The lowest BCUT2D eigenvalue weighted by atomic mass is 10.1. The lowest BCUT2D eigenvalue weighted by Crippen LogP contribution is -2.44. The molecule has 1 aliphatic heterocycles. The van der Waals surface area contributed by atoms with Crippen molar-refractivity contribution in [3.05, 3.63) is 52.7 Å². The third kappa shape index (κ3) is 5.30. The fraction of sp³-hybridized carbons (Fsp3) is 0.400. The number of alkyl halides is 3. The van der Waals surface area contributed by atoms with Crippen molar-refractivity contribution in [2.24, 2.45) is 0 Å². The van der Waals surface area contributed by atoms with Crippen LogP contribution in [0.15, 0.2) is 41.4 Å². The van der Waals surface area contributed by atoms with Gasteiger partial charge in [0.2, 0.25) is 5.91 Å². The Morgan fingerprint density at radius 3 is 2.48 bits per heavy atom. The molecule has 2 atom stereocenters. The zero-order valence-electron chi connectivity index (χ0n) is 16.8. The van der Waals surface area contributed by atoms with Gasteiger partial charge in [-0.1, -0.05) is 23.7 Å². The van der Waals surface area contributed by atoms with E-state index in [1.165, 1.54) is 12.1 Å². The molecule has 0 aliphatic carbocycles. The summed E-state index contributed by atoms with van der Waals surface area (Å²) < 4.78 is 61.8. The molecule has 0 unspecified atom stereocenters. The number of amides is 1. The molecule has 3 rings (SSSR count). The van der Waals surface area contributed by atoms with Crippen molar-refractivity contribution in [1.29, 1.82) is 0 Å². The van der Waals surface area contributed by atoms with Crippen LogP contribution in [-0.4, -0.2) is 38.2 Å². The monoisotopic (exact) mass is 475 g/mol. The highest BCUT2D eigenvalue weighted by Gasteiger charge is 2.36. The normalized spacial score (nSPS) is 18.1. The number of anilines is 1. The van der Waals surface area contributed by atoms with Gasteiger partial charge in [0.25, 0.3) is 0 Å². The summed E-state index contributed by atoms with van der Waals surface area (Å²) in [5.74, 6) is -0.174. The van der Waals surface area contributed by atoms with Crippen molar-refractivity contribution in [3.8, 4) is 0 Å². The van der Waals surface area contributed by atoms with Crippen LogP contribution in [0.2, 0.25) is 5.02 Å². The summed E-state index contributed by atoms with van der Waals surface area (Å²) in [6.45, 7) is 2.20. The van der Waals surface area contributed by atoms with Crippen LogP contribution in [0.1, 0.15) is 36.9 Å². The number of pyridine rings is 1. The van der Waals surface area contributed by atoms with E-state index in [0.717, 1.165) is 17.9 Å². The number of carbonyl (C=O) groups excluding carboxylic acids is 1. The Labute approximate surface area is 183 Å². The second kappa shape index (κ2) is 8.66. The summed E-state index contributed by atoms with van der Waals surface area (Å²) in [7, 11) is -3.32. The van der Waals surface area contributed by atoms with Gasteiger partial charge in [0.15, 0.2) is 9.84 Å². The van der Waals surface area contributed by atoms with E-state index in [9.17, 15) is 26.4 Å². The molecule has 0 saturated carbocycles. The number of rotatable bonds is 5. The predicted molar refractivity (Wildman–Crippen MR) is 111 cm³/mol. The van der Waals surface area contributed by atoms with Crippen LogP contribution in [0.4, 0.5) is 19.0 Å². The lowest BCUT2D eigenvalue weighted by molar-refractivity contribution is -0.137. The van der Waals surface area contributed by atoms with Crippen molar-refractivity contribution < 1.29 is 26.4 Å². The highest BCUT2D eigenvalue weighted by atomic mass is 35.5. The van der Waals surface area contributed by atoms with Gasteiger partial charge < -0.3 is 10.2 Å². The van der Waals surface area contributed by atoms with Gasteiger partial charge in [0.1, 0.15) is 11.9 Å². The highest BCUT2D eigenvalue weighted by Crippen LogP contribution is 2.35. The molecule has 11 heteroatoms. The van der Waals surface area contributed by atoms with Gasteiger partial charge in [-0.05, 0) is 43.5 Å². The lowest BCUT2D eigenvalue weighted by Gasteiger charge is -2.27. The first-order valence-electron chi connectivity index (χ1n) is 9.47. The second-order valence-electron chi connectivity index (χ2n) is 7.45. The maximum atomic E-state index is 12.9. The first kappa shape index (κ1) is 23.3. The summed E-state index contributed by atoms with van der Waals surface area (Å²) in [6, 6.07) is 5.98. The Kier molecular flexibility index (Phi) is 6.52. The third-order valence-electron chi connectivity index (χ3n) is 5.14. The summed E-state index contributed by atoms with van der Waals surface area (Å²) >= 11 is 6.05. The zero-order valence-corrected chi connectivity index (χ0v) is 18.4. The zero-order chi connectivity index (χ0) is 23.0. The molecule has 0 spiro atoms. The molecule has 1 aliphatic rings. The molecule has 1 aromatic heterocycles. The number of nitrogens with one attached hydrogen (secondary N) is 1. The number of sulfone groups is 1. The maximum absolute atomic E-state index is 12.9.